The van der Waals surface area contributed by atoms with Crippen molar-refractivity contribution in [3.8, 4) is 5.75 Å². The molecular weight excluding hydrogens is 452 g/mol. The Labute approximate surface area is 204 Å². The number of nitrogens with one attached hydrogen (secondary N) is 2. The van der Waals surface area contributed by atoms with Crippen LogP contribution in [0.5, 0.6) is 5.75 Å². The number of carbonyl (C=O) groups is 1. The van der Waals surface area contributed by atoms with E-state index in [1.54, 1.807) is 18.2 Å². The van der Waals surface area contributed by atoms with Gasteiger partial charge < -0.3 is 20.3 Å². The fourth-order valence-electron chi connectivity index (χ4n) is 5.13. The number of pyridine rings is 1. The number of piperidine rings is 1. The molecule has 188 valence electrons. The van der Waals surface area contributed by atoms with Crippen molar-refractivity contribution in [1.82, 2.24) is 25.4 Å². The Morgan fingerprint density at radius 2 is 1.91 bits per heavy atom. The van der Waals surface area contributed by atoms with Gasteiger partial charge in [-0.15, -0.1) is 0 Å². The van der Waals surface area contributed by atoms with Crippen LogP contribution in [-0.2, 0) is 11.4 Å². The van der Waals surface area contributed by atoms with Gasteiger partial charge in [0.05, 0.1) is 6.54 Å². The van der Waals surface area contributed by atoms with Gasteiger partial charge in [-0.3, -0.25) is 9.69 Å². The van der Waals surface area contributed by atoms with E-state index in [0.717, 1.165) is 64.1 Å². The minimum Gasteiger partial charge on any atom is -0.485 e. The number of hydrogen-bond donors (Lipinski definition) is 2. The van der Waals surface area contributed by atoms with Crippen LogP contribution in [0.3, 0.4) is 0 Å². The standard InChI is InChI=1S/C26H33F2N5O2/c27-22-5-1-4-20(25(22)35-17-18-3-2-8-30-26(18)28)21-15-23(21)31-19-6-11-33(12-7-19)24(34)16-32-13-9-29-10-14-32/h1-5,8,19,21,23,29,31H,6-7,9-17H2/t21-,23+/m0/s1. The molecule has 2 saturated heterocycles. The average Bonchev–Trinajstić information content (AvgIpc) is 3.64. The number of piperazine rings is 1. The molecule has 1 aromatic carbocycles. The van der Waals surface area contributed by atoms with Gasteiger partial charge in [0, 0.05) is 74.6 Å². The molecule has 9 heteroatoms. The number of ether oxygens (including phenoxy) is 1. The van der Waals surface area contributed by atoms with Crippen molar-refractivity contribution in [1.29, 1.82) is 0 Å². The number of amides is 1. The summed E-state index contributed by atoms with van der Waals surface area (Å²) in [6, 6.07) is 8.77. The van der Waals surface area contributed by atoms with Crippen LogP contribution in [0, 0.1) is 11.8 Å². The minimum atomic E-state index is -0.603. The molecule has 5 rings (SSSR count). The quantitative estimate of drug-likeness (QED) is 0.560. The summed E-state index contributed by atoms with van der Waals surface area (Å²) in [5.74, 6) is -0.464. The largest absolute Gasteiger partial charge is 0.485 e. The number of aromatic nitrogens is 1. The first kappa shape index (κ1) is 24.1. The Kier molecular flexibility index (Phi) is 7.55. The van der Waals surface area contributed by atoms with E-state index in [1.807, 2.05) is 11.0 Å². The summed E-state index contributed by atoms with van der Waals surface area (Å²) in [6.45, 7) is 5.72. The molecule has 2 aromatic rings. The molecule has 3 fully saturated rings. The van der Waals surface area contributed by atoms with E-state index >= 15 is 0 Å². The third-order valence-corrected chi connectivity index (χ3v) is 7.26. The lowest BCUT2D eigenvalue weighted by molar-refractivity contribution is -0.133. The van der Waals surface area contributed by atoms with Crippen LogP contribution in [-0.4, -0.2) is 78.6 Å². The predicted molar refractivity (Wildman–Crippen MR) is 128 cm³/mol. The second-order valence-corrected chi connectivity index (χ2v) is 9.70. The van der Waals surface area contributed by atoms with Crippen molar-refractivity contribution in [2.45, 2.75) is 43.9 Å². The third-order valence-electron chi connectivity index (χ3n) is 7.26. The normalized spacial score (nSPS) is 23.3. The zero-order valence-electron chi connectivity index (χ0n) is 19.9. The number of benzene rings is 1. The van der Waals surface area contributed by atoms with Gasteiger partial charge in [-0.1, -0.05) is 12.1 Å². The lowest BCUT2D eigenvalue weighted by Crippen LogP contribution is -2.51. The van der Waals surface area contributed by atoms with E-state index in [2.05, 4.69) is 20.5 Å². The summed E-state index contributed by atoms with van der Waals surface area (Å²) < 4.78 is 34.2. The fraction of sp³-hybridized carbons (Fsp3) is 0.538. The van der Waals surface area contributed by atoms with Gasteiger partial charge in [0.25, 0.3) is 0 Å². The van der Waals surface area contributed by atoms with E-state index in [-0.39, 0.29) is 30.2 Å². The van der Waals surface area contributed by atoms with Crippen LogP contribution in [0.25, 0.3) is 0 Å². The summed E-state index contributed by atoms with van der Waals surface area (Å²) in [5, 5.41) is 7.02. The van der Waals surface area contributed by atoms with E-state index in [0.29, 0.717) is 18.2 Å². The highest BCUT2D eigenvalue weighted by Crippen LogP contribution is 2.46. The average molecular weight is 486 g/mol. The number of rotatable bonds is 8. The topological polar surface area (TPSA) is 69.7 Å². The molecule has 1 amide bonds. The number of likely N-dealkylation sites (tertiary alicyclic amines) is 1. The van der Waals surface area contributed by atoms with Crippen LogP contribution >= 0.6 is 0 Å². The molecule has 3 heterocycles. The maximum Gasteiger partial charge on any atom is 0.236 e. The van der Waals surface area contributed by atoms with Gasteiger partial charge in [-0.2, -0.15) is 4.39 Å². The number of halogens is 2. The zero-order valence-corrected chi connectivity index (χ0v) is 19.9. The lowest BCUT2D eigenvalue weighted by Gasteiger charge is -2.35. The molecule has 7 nitrogen and oxygen atoms in total. The van der Waals surface area contributed by atoms with Crippen LogP contribution in [0.4, 0.5) is 8.78 Å². The smallest absolute Gasteiger partial charge is 0.236 e. The van der Waals surface area contributed by atoms with Gasteiger partial charge in [0.1, 0.15) is 6.61 Å². The number of para-hydroxylation sites is 1. The van der Waals surface area contributed by atoms with Gasteiger partial charge in [0.15, 0.2) is 11.6 Å². The molecule has 2 aliphatic heterocycles. The van der Waals surface area contributed by atoms with Crippen LogP contribution in [0.1, 0.15) is 36.3 Å². The second-order valence-electron chi connectivity index (χ2n) is 9.70. The maximum atomic E-state index is 14.6. The van der Waals surface area contributed by atoms with Gasteiger partial charge in [-0.25, -0.2) is 9.37 Å². The zero-order chi connectivity index (χ0) is 24.2. The summed E-state index contributed by atoms with van der Waals surface area (Å²) in [6.07, 6.45) is 4.12. The first-order valence-corrected chi connectivity index (χ1v) is 12.6. The molecule has 1 aliphatic carbocycles. The molecule has 0 bridgehead atoms. The Balaban J connectivity index is 1.11. The molecule has 3 aliphatic rings. The van der Waals surface area contributed by atoms with E-state index in [4.69, 9.17) is 4.74 Å². The molecule has 0 unspecified atom stereocenters. The SMILES string of the molecule is O=C(CN1CCNCC1)N1CCC(N[C@@H]2C[C@H]2c2cccc(F)c2OCc2cccnc2F)CC1. The van der Waals surface area contributed by atoms with E-state index in [1.165, 1.54) is 12.3 Å². The highest BCUT2D eigenvalue weighted by Gasteiger charge is 2.42. The molecule has 2 atom stereocenters. The molecule has 1 saturated carbocycles. The van der Waals surface area contributed by atoms with E-state index < -0.39 is 11.8 Å². The van der Waals surface area contributed by atoms with Crippen molar-refractivity contribution in [3.63, 3.8) is 0 Å². The monoisotopic (exact) mass is 485 g/mol. The molecule has 0 spiro atoms. The summed E-state index contributed by atoms with van der Waals surface area (Å²) in [5.41, 5.74) is 1.11. The number of nitrogens with zero attached hydrogens (tertiary/aromatic N) is 3. The molecule has 35 heavy (non-hydrogen) atoms. The summed E-state index contributed by atoms with van der Waals surface area (Å²) >= 11 is 0. The first-order chi connectivity index (χ1) is 17.1. The van der Waals surface area contributed by atoms with Gasteiger partial charge in [0.2, 0.25) is 11.9 Å². The minimum absolute atomic E-state index is 0.0706. The lowest BCUT2D eigenvalue weighted by atomic mass is 10.0. The van der Waals surface area contributed by atoms with Crippen molar-refractivity contribution in [2.24, 2.45) is 0 Å². The molecular formula is C26H33F2N5O2. The second kappa shape index (κ2) is 11.0. The Hall–Kier alpha value is -2.62. The van der Waals surface area contributed by atoms with Crippen LogP contribution in [0.2, 0.25) is 0 Å². The Bertz CT molecular complexity index is 1020. The third kappa shape index (κ3) is 5.97. The van der Waals surface area contributed by atoms with Crippen LogP contribution in [0.15, 0.2) is 36.5 Å². The van der Waals surface area contributed by atoms with Crippen LogP contribution < -0.4 is 15.4 Å². The summed E-state index contributed by atoms with van der Waals surface area (Å²) in [4.78, 5) is 20.5. The highest BCUT2D eigenvalue weighted by atomic mass is 19.1. The Morgan fingerprint density at radius 1 is 1.11 bits per heavy atom. The van der Waals surface area contributed by atoms with Gasteiger partial charge >= 0.3 is 0 Å². The van der Waals surface area contributed by atoms with E-state index in [9.17, 15) is 13.6 Å². The maximum absolute atomic E-state index is 14.6. The van der Waals surface area contributed by atoms with Crippen molar-refractivity contribution in [3.05, 3.63) is 59.4 Å². The van der Waals surface area contributed by atoms with Crippen molar-refractivity contribution >= 4 is 5.91 Å². The van der Waals surface area contributed by atoms with Gasteiger partial charge in [-0.05, 0) is 37.5 Å². The fourth-order valence-corrected chi connectivity index (χ4v) is 5.13. The Morgan fingerprint density at radius 3 is 2.69 bits per heavy atom. The van der Waals surface area contributed by atoms with Crippen molar-refractivity contribution < 1.29 is 18.3 Å². The first-order valence-electron chi connectivity index (χ1n) is 12.6. The highest BCUT2D eigenvalue weighted by molar-refractivity contribution is 5.78. The number of hydrogen-bond acceptors (Lipinski definition) is 6. The predicted octanol–water partition coefficient (Wildman–Crippen LogP) is 2.28. The molecule has 2 N–H and O–H groups in total. The molecule has 1 aromatic heterocycles. The molecule has 0 radical (unpaired) electrons. The summed E-state index contributed by atoms with van der Waals surface area (Å²) in [7, 11) is 0. The van der Waals surface area contributed by atoms with Crippen molar-refractivity contribution in [2.75, 3.05) is 45.8 Å². The number of carbonyl (C=O) groups excluding carboxylic acids is 1.